The van der Waals surface area contributed by atoms with Crippen LogP contribution in [0.2, 0.25) is 0 Å². The Bertz CT molecular complexity index is 882. The van der Waals surface area contributed by atoms with Crippen LogP contribution >= 0.6 is 0 Å². The van der Waals surface area contributed by atoms with Gasteiger partial charge in [0.15, 0.2) is 0 Å². The van der Waals surface area contributed by atoms with Crippen molar-refractivity contribution in [2.75, 3.05) is 13.7 Å². The van der Waals surface area contributed by atoms with Gasteiger partial charge in [0.05, 0.1) is 24.5 Å². The molecule has 134 valence electrons. The van der Waals surface area contributed by atoms with Crippen LogP contribution < -0.4 is 0 Å². The van der Waals surface area contributed by atoms with Gasteiger partial charge in [-0.3, -0.25) is 9.35 Å². The van der Waals surface area contributed by atoms with Gasteiger partial charge in [-0.15, -0.1) is 0 Å². The third kappa shape index (κ3) is 3.08. The molecule has 2 aliphatic rings. The highest BCUT2D eigenvalue weighted by Crippen LogP contribution is 2.41. The molecular formula is C17H18O7S. The van der Waals surface area contributed by atoms with Gasteiger partial charge in [-0.25, -0.2) is 0 Å². The van der Waals surface area contributed by atoms with Crippen LogP contribution in [0, 0.1) is 18.8 Å². The maximum atomic E-state index is 12.0. The summed E-state index contributed by atoms with van der Waals surface area (Å²) in [6.07, 6.45) is 2.72. The van der Waals surface area contributed by atoms with Crippen LogP contribution in [-0.2, 0) is 24.4 Å². The molecule has 0 saturated carbocycles. The zero-order chi connectivity index (χ0) is 18.4. The predicted molar refractivity (Wildman–Crippen MR) is 88.0 cm³/mol. The molecule has 0 bridgehead atoms. The van der Waals surface area contributed by atoms with Crippen molar-refractivity contribution in [3.8, 4) is 0 Å². The Balaban J connectivity index is 2.14. The molecule has 8 heteroatoms. The van der Waals surface area contributed by atoms with Crippen LogP contribution in [0.4, 0.5) is 0 Å². The van der Waals surface area contributed by atoms with E-state index in [4.69, 9.17) is 9.47 Å². The Labute approximate surface area is 145 Å². The average molecular weight is 366 g/mol. The lowest BCUT2D eigenvalue weighted by molar-refractivity contribution is -0.144. The SMILES string of the molecule is COC1=CC2C(=O)OC(CO)C2C=C1c1cc(S(=O)(=O)O)ccc1C. The Kier molecular flexibility index (Phi) is 4.44. The molecule has 3 rings (SSSR count). The van der Waals surface area contributed by atoms with E-state index in [1.54, 1.807) is 25.1 Å². The summed E-state index contributed by atoms with van der Waals surface area (Å²) in [6.45, 7) is 1.49. The lowest BCUT2D eigenvalue weighted by Crippen LogP contribution is -2.24. The van der Waals surface area contributed by atoms with Gasteiger partial charge >= 0.3 is 5.97 Å². The summed E-state index contributed by atoms with van der Waals surface area (Å²) >= 11 is 0. The predicted octanol–water partition coefficient (Wildman–Crippen LogP) is 1.32. The van der Waals surface area contributed by atoms with Gasteiger partial charge in [-0.1, -0.05) is 12.1 Å². The van der Waals surface area contributed by atoms with Crippen LogP contribution in [0.5, 0.6) is 0 Å². The second kappa shape index (κ2) is 6.29. The molecule has 3 unspecified atom stereocenters. The molecule has 0 aromatic heterocycles. The van der Waals surface area contributed by atoms with Crippen molar-refractivity contribution in [3.05, 3.63) is 47.2 Å². The van der Waals surface area contributed by atoms with E-state index in [1.165, 1.54) is 19.2 Å². The van der Waals surface area contributed by atoms with E-state index in [2.05, 4.69) is 0 Å². The van der Waals surface area contributed by atoms with Gasteiger partial charge in [-0.05, 0) is 36.3 Å². The highest BCUT2D eigenvalue weighted by Gasteiger charge is 2.45. The number of aliphatic hydroxyl groups is 1. The molecule has 1 heterocycles. The second-order valence-electron chi connectivity index (χ2n) is 6.03. The molecule has 1 saturated heterocycles. The molecule has 0 radical (unpaired) electrons. The normalized spacial score (nSPS) is 25.8. The molecule has 0 amide bonds. The van der Waals surface area contributed by atoms with E-state index >= 15 is 0 Å². The summed E-state index contributed by atoms with van der Waals surface area (Å²) in [5, 5.41) is 9.44. The van der Waals surface area contributed by atoms with Crippen molar-refractivity contribution in [1.29, 1.82) is 0 Å². The van der Waals surface area contributed by atoms with Gasteiger partial charge < -0.3 is 14.6 Å². The molecule has 1 fully saturated rings. The summed E-state index contributed by atoms with van der Waals surface area (Å²) in [5.41, 5.74) is 1.91. The van der Waals surface area contributed by atoms with Crippen molar-refractivity contribution < 1.29 is 32.3 Å². The fraction of sp³-hybridized carbons (Fsp3) is 0.353. The number of aliphatic hydroxyl groups excluding tert-OH is 1. The van der Waals surface area contributed by atoms with E-state index in [0.29, 0.717) is 16.9 Å². The van der Waals surface area contributed by atoms with Crippen molar-refractivity contribution in [1.82, 2.24) is 0 Å². The quantitative estimate of drug-likeness (QED) is 0.611. The molecule has 1 aliphatic heterocycles. The summed E-state index contributed by atoms with van der Waals surface area (Å²) in [4.78, 5) is 11.7. The van der Waals surface area contributed by atoms with Crippen molar-refractivity contribution in [3.63, 3.8) is 0 Å². The molecule has 1 aromatic rings. The minimum absolute atomic E-state index is 0.232. The number of benzene rings is 1. The maximum absolute atomic E-state index is 12.0. The van der Waals surface area contributed by atoms with Crippen LogP contribution in [0.3, 0.4) is 0 Å². The lowest BCUT2D eigenvalue weighted by Gasteiger charge is -2.24. The smallest absolute Gasteiger partial charge is 0.314 e. The number of allylic oxidation sites excluding steroid dienone is 1. The number of rotatable bonds is 4. The summed E-state index contributed by atoms with van der Waals surface area (Å²) in [7, 11) is -2.90. The van der Waals surface area contributed by atoms with Crippen LogP contribution in [0.15, 0.2) is 41.0 Å². The van der Waals surface area contributed by atoms with E-state index in [0.717, 1.165) is 5.56 Å². The Morgan fingerprint density at radius 3 is 2.60 bits per heavy atom. The van der Waals surface area contributed by atoms with Crippen molar-refractivity contribution in [2.24, 2.45) is 11.8 Å². The third-order valence-electron chi connectivity index (χ3n) is 4.54. The number of aryl methyl sites for hydroxylation is 1. The molecular weight excluding hydrogens is 348 g/mol. The fourth-order valence-corrected chi connectivity index (χ4v) is 3.73. The minimum Gasteiger partial charge on any atom is -0.496 e. The number of methoxy groups -OCH3 is 1. The van der Waals surface area contributed by atoms with Crippen LogP contribution in [0.25, 0.3) is 5.57 Å². The Hall–Kier alpha value is -2.16. The number of carbonyl (C=O) groups is 1. The standard InChI is InChI=1S/C17H18O7S/c1-9-3-4-10(25(20,21)22)5-11(9)12-6-13-14(7-15(12)23-2)17(19)24-16(13)8-18/h3-7,13-14,16,18H,8H2,1-2H3,(H,20,21,22). The van der Waals surface area contributed by atoms with E-state index < -0.39 is 28.1 Å². The number of fused-ring (bicyclic) bond motifs is 1. The monoisotopic (exact) mass is 366 g/mol. The topological polar surface area (TPSA) is 110 Å². The third-order valence-corrected chi connectivity index (χ3v) is 5.39. The van der Waals surface area contributed by atoms with E-state index in [-0.39, 0.29) is 17.4 Å². The first kappa shape index (κ1) is 17.7. The maximum Gasteiger partial charge on any atom is 0.314 e. The molecule has 1 aromatic carbocycles. The number of hydrogen-bond acceptors (Lipinski definition) is 6. The van der Waals surface area contributed by atoms with Gasteiger partial charge in [0.1, 0.15) is 11.9 Å². The molecule has 1 aliphatic carbocycles. The summed E-state index contributed by atoms with van der Waals surface area (Å²) in [6, 6.07) is 4.25. The molecule has 3 atom stereocenters. The molecule has 25 heavy (non-hydrogen) atoms. The average Bonchev–Trinajstić information content (AvgIpc) is 2.88. The number of ether oxygens (including phenoxy) is 2. The molecule has 0 spiro atoms. The zero-order valence-electron chi connectivity index (χ0n) is 13.7. The number of carbonyl (C=O) groups excluding carboxylic acids is 1. The lowest BCUT2D eigenvalue weighted by atomic mass is 9.81. The highest BCUT2D eigenvalue weighted by atomic mass is 32.2. The van der Waals surface area contributed by atoms with Gasteiger partial charge in [0.2, 0.25) is 0 Å². The fourth-order valence-electron chi connectivity index (χ4n) is 3.22. The largest absolute Gasteiger partial charge is 0.496 e. The number of hydrogen-bond donors (Lipinski definition) is 2. The first-order chi connectivity index (χ1) is 11.8. The number of cyclic esters (lactones) is 1. The Morgan fingerprint density at radius 2 is 2.00 bits per heavy atom. The van der Waals surface area contributed by atoms with Gasteiger partial charge in [-0.2, -0.15) is 8.42 Å². The van der Waals surface area contributed by atoms with Crippen molar-refractivity contribution in [2.45, 2.75) is 17.9 Å². The highest BCUT2D eigenvalue weighted by molar-refractivity contribution is 7.85. The van der Waals surface area contributed by atoms with Gasteiger partial charge in [0, 0.05) is 11.5 Å². The van der Waals surface area contributed by atoms with Crippen LogP contribution in [0.1, 0.15) is 11.1 Å². The van der Waals surface area contributed by atoms with Crippen LogP contribution in [-0.4, -0.2) is 43.9 Å². The molecule has 7 nitrogen and oxygen atoms in total. The first-order valence-electron chi connectivity index (χ1n) is 7.64. The summed E-state index contributed by atoms with van der Waals surface area (Å²) in [5.74, 6) is -0.953. The number of esters is 1. The Morgan fingerprint density at radius 1 is 1.28 bits per heavy atom. The molecule has 2 N–H and O–H groups in total. The minimum atomic E-state index is -4.35. The van der Waals surface area contributed by atoms with E-state index in [1.807, 2.05) is 0 Å². The van der Waals surface area contributed by atoms with E-state index in [9.17, 15) is 22.9 Å². The zero-order valence-corrected chi connectivity index (χ0v) is 14.5. The summed E-state index contributed by atoms with van der Waals surface area (Å²) < 4.78 is 42.7. The van der Waals surface area contributed by atoms with Gasteiger partial charge in [0.25, 0.3) is 10.1 Å². The first-order valence-corrected chi connectivity index (χ1v) is 9.08. The van der Waals surface area contributed by atoms with Crippen molar-refractivity contribution >= 4 is 21.7 Å². The second-order valence-corrected chi connectivity index (χ2v) is 7.45.